The van der Waals surface area contributed by atoms with Gasteiger partial charge < -0.3 is 11.1 Å². The van der Waals surface area contributed by atoms with Gasteiger partial charge in [-0.25, -0.2) is 0 Å². The molecule has 22 heavy (non-hydrogen) atoms. The molecule has 1 aromatic carbocycles. The van der Waals surface area contributed by atoms with Crippen LogP contribution in [0.1, 0.15) is 18.4 Å². The van der Waals surface area contributed by atoms with Crippen LogP contribution >= 0.6 is 11.6 Å². The highest BCUT2D eigenvalue weighted by molar-refractivity contribution is 6.31. The summed E-state index contributed by atoms with van der Waals surface area (Å²) in [6, 6.07) is 6.70. The van der Waals surface area contributed by atoms with Crippen LogP contribution in [0.5, 0.6) is 0 Å². The predicted molar refractivity (Wildman–Crippen MR) is 83.2 cm³/mol. The Labute approximate surface area is 133 Å². The zero-order chi connectivity index (χ0) is 16.1. The molecule has 1 heterocycles. The Balaban J connectivity index is 1.97. The summed E-state index contributed by atoms with van der Waals surface area (Å²) >= 11 is 5.88. The fraction of sp³-hybridized carbons (Fsp3) is 0.400. The molecule has 2 rings (SSSR count). The van der Waals surface area contributed by atoms with Crippen LogP contribution in [-0.2, 0) is 9.59 Å². The molecular formula is C15H17ClN4O2. The monoisotopic (exact) mass is 320 g/mol. The van der Waals surface area contributed by atoms with Gasteiger partial charge in [0, 0.05) is 11.6 Å². The predicted octanol–water partition coefficient (Wildman–Crippen LogP) is 1.35. The third-order valence-electron chi connectivity index (χ3n) is 3.65. The van der Waals surface area contributed by atoms with E-state index in [4.69, 9.17) is 22.6 Å². The molecule has 2 amide bonds. The lowest BCUT2D eigenvalue weighted by Gasteiger charge is -2.30. The van der Waals surface area contributed by atoms with E-state index in [9.17, 15) is 9.59 Å². The van der Waals surface area contributed by atoms with Crippen molar-refractivity contribution in [2.24, 2.45) is 11.7 Å². The average molecular weight is 321 g/mol. The number of hydrogen-bond acceptors (Lipinski definition) is 4. The minimum atomic E-state index is -0.327. The highest BCUT2D eigenvalue weighted by atomic mass is 35.5. The van der Waals surface area contributed by atoms with E-state index < -0.39 is 0 Å². The van der Waals surface area contributed by atoms with Gasteiger partial charge in [-0.2, -0.15) is 5.26 Å². The summed E-state index contributed by atoms with van der Waals surface area (Å²) < 4.78 is 0. The summed E-state index contributed by atoms with van der Waals surface area (Å²) in [5, 5.41) is 12.2. The van der Waals surface area contributed by atoms with Crippen molar-refractivity contribution >= 4 is 29.1 Å². The molecule has 0 aliphatic carbocycles. The fourth-order valence-corrected chi connectivity index (χ4v) is 2.71. The number of hydrogen-bond donors (Lipinski definition) is 2. The van der Waals surface area contributed by atoms with Gasteiger partial charge in [-0.05, 0) is 37.6 Å². The number of halogens is 1. The molecular weight excluding hydrogens is 304 g/mol. The summed E-state index contributed by atoms with van der Waals surface area (Å²) in [4.78, 5) is 25.3. The summed E-state index contributed by atoms with van der Waals surface area (Å²) in [5.74, 6) is -0.780. The largest absolute Gasteiger partial charge is 0.369 e. The first kappa shape index (κ1) is 16.3. The molecule has 0 saturated carbocycles. The molecule has 1 atom stereocenters. The molecule has 6 nitrogen and oxygen atoms in total. The number of piperidine rings is 1. The second kappa shape index (κ2) is 7.25. The van der Waals surface area contributed by atoms with Crippen LogP contribution in [0.4, 0.5) is 5.69 Å². The van der Waals surface area contributed by atoms with Crippen molar-refractivity contribution in [2.45, 2.75) is 12.8 Å². The average Bonchev–Trinajstić information content (AvgIpc) is 2.47. The normalized spacial score (nSPS) is 18.5. The van der Waals surface area contributed by atoms with Gasteiger partial charge in [0.05, 0.1) is 23.7 Å². The Hall–Kier alpha value is -2.10. The first-order valence-electron chi connectivity index (χ1n) is 7.00. The molecule has 0 radical (unpaired) electrons. The first-order valence-corrected chi connectivity index (χ1v) is 7.38. The molecule has 3 N–H and O–H groups in total. The van der Waals surface area contributed by atoms with E-state index in [1.165, 1.54) is 0 Å². The van der Waals surface area contributed by atoms with Crippen molar-refractivity contribution in [3.05, 3.63) is 28.8 Å². The summed E-state index contributed by atoms with van der Waals surface area (Å²) in [5.41, 5.74) is 6.07. The number of anilines is 1. The van der Waals surface area contributed by atoms with Crippen molar-refractivity contribution < 1.29 is 9.59 Å². The summed E-state index contributed by atoms with van der Waals surface area (Å²) in [7, 11) is 0. The van der Waals surface area contributed by atoms with Crippen LogP contribution in [0, 0.1) is 17.2 Å². The Morgan fingerprint density at radius 2 is 2.27 bits per heavy atom. The highest BCUT2D eigenvalue weighted by Gasteiger charge is 2.25. The fourth-order valence-electron chi connectivity index (χ4n) is 2.54. The standard InChI is InChI=1S/C15H17ClN4O2/c16-12-4-3-10(7-17)13(6-12)19-14(21)9-20-5-1-2-11(8-20)15(18)22/h3-4,6,11H,1-2,5,8-9H2,(H2,18,22)(H,19,21)/t11-/m1/s1. The Morgan fingerprint density at radius 3 is 2.95 bits per heavy atom. The Morgan fingerprint density at radius 1 is 1.50 bits per heavy atom. The summed E-state index contributed by atoms with van der Waals surface area (Å²) in [6.07, 6.45) is 1.60. The van der Waals surface area contributed by atoms with E-state index in [1.807, 2.05) is 11.0 Å². The maximum atomic E-state index is 12.1. The van der Waals surface area contributed by atoms with Crippen LogP contribution < -0.4 is 11.1 Å². The lowest BCUT2D eigenvalue weighted by molar-refractivity contribution is -0.125. The maximum absolute atomic E-state index is 12.1. The number of nitrogens with zero attached hydrogens (tertiary/aromatic N) is 2. The van der Waals surface area contributed by atoms with Crippen molar-refractivity contribution in [2.75, 3.05) is 25.0 Å². The van der Waals surface area contributed by atoms with Gasteiger partial charge in [-0.15, -0.1) is 0 Å². The SMILES string of the molecule is N#Cc1ccc(Cl)cc1NC(=O)CN1CCC[C@@H](C(N)=O)C1. The third kappa shape index (κ3) is 4.20. The minimum absolute atomic E-state index is 0.154. The number of carbonyl (C=O) groups excluding carboxylic acids is 2. The van der Waals surface area contributed by atoms with Crippen LogP contribution in [0.25, 0.3) is 0 Å². The zero-order valence-electron chi connectivity index (χ0n) is 12.0. The van der Waals surface area contributed by atoms with Crippen LogP contribution in [0.3, 0.4) is 0 Å². The Bertz CT molecular complexity index is 626. The van der Waals surface area contributed by atoms with E-state index in [2.05, 4.69) is 5.32 Å². The van der Waals surface area contributed by atoms with E-state index in [0.29, 0.717) is 22.8 Å². The van der Waals surface area contributed by atoms with Gasteiger partial charge in [-0.1, -0.05) is 11.6 Å². The molecule has 0 unspecified atom stereocenters. The van der Waals surface area contributed by atoms with Crippen molar-refractivity contribution in [3.8, 4) is 6.07 Å². The molecule has 1 fully saturated rings. The van der Waals surface area contributed by atoms with Gasteiger partial charge in [0.1, 0.15) is 6.07 Å². The number of nitrogens with two attached hydrogens (primary N) is 1. The van der Waals surface area contributed by atoms with Crippen LogP contribution in [0.15, 0.2) is 18.2 Å². The quantitative estimate of drug-likeness (QED) is 0.874. The summed E-state index contributed by atoms with van der Waals surface area (Å²) in [6.45, 7) is 1.39. The molecule has 1 saturated heterocycles. The molecule has 0 bridgehead atoms. The topological polar surface area (TPSA) is 99.2 Å². The lowest BCUT2D eigenvalue weighted by Crippen LogP contribution is -2.44. The maximum Gasteiger partial charge on any atom is 0.238 e. The highest BCUT2D eigenvalue weighted by Crippen LogP contribution is 2.21. The van der Waals surface area contributed by atoms with Crippen molar-refractivity contribution in [3.63, 3.8) is 0 Å². The minimum Gasteiger partial charge on any atom is -0.369 e. The molecule has 0 spiro atoms. The lowest BCUT2D eigenvalue weighted by atomic mass is 9.97. The van der Waals surface area contributed by atoms with Crippen LogP contribution in [0.2, 0.25) is 5.02 Å². The number of amides is 2. The zero-order valence-corrected chi connectivity index (χ0v) is 12.8. The molecule has 116 valence electrons. The van der Waals surface area contributed by atoms with E-state index in [0.717, 1.165) is 19.4 Å². The second-order valence-electron chi connectivity index (χ2n) is 5.33. The first-order chi connectivity index (χ1) is 10.5. The number of likely N-dealkylation sites (tertiary alicyclic amines) is 1. The smallest absolute Gasteiger partial charge is 0.238 e. The molecule has 1 aliphatic rings. The van der Waals surface area contributed by atoms with E-state index in [-0.39, 0.29) is 24.3 Å². The van der Waals surface area contributed by atoms with Gasteiger partial charge in [0.25, 0.3) is 0 Å². The second-order valence-corrected chi connectivity index (χ2v) is 5.76. The van der Waals surface area contributed by atoms with Crippen LogP contribution in [-0.4, -0.2) is 36.3 Å². The molecule has 1 aromatic rings. The number of rotatable bonds is 4. The molecule has 1 aliphatic heterocycles. The van der Waals surface area contributed by atoms with Gasteiger partial charge >= 0.3 is 0 Å². The van der Waals surface area contributed by atoms with Crippen molar-refractivity contribution in [1.82, 2.24) is 4.90 Å². The van der Waals surface area contributed by atoms with E-state index in [1.54, 1.807) is 18.2 Å². The number of primary amides is 1. The third-order valence-corrected chi connectivity index (χ3v) is 3.89. The van der Waals surface area contributed by atoms with Gasteiger partial charge in [0.2, 0.25) is 11.8 Å². The molecule has 7 heteroatoms. The number of carbonyl (C=O) groups is 2. The number of benzene rings is 1. The number of nitriles is 1. The number of nitrogens with one attached hydrogen (secondary N) is 1. The Kier molecular flexibility index (Phi) is 5.36. The van der Waals surface area contributed by atoms with Gasteiger partial charge in [-0.3, -0.25) is 14.5 Å². The van der Waals surface area contributed by atoms with Crippen molar-refractivity contribution in [1.29, 1.82) is 5.26 Å². The van der Waals surface area contributed by atoms with Gasteiger partial charge in [0.15, 0.2) is 0 Å². The molecule has 0 aromatic heterocycles. The van der Waals surface area contributed by atoms with E-state index >= 15 is 0 Å².